The number of nitrogens with zero attached hydrogens (tertiary/aromatic N) is 1. The Morgan fingerprint density at radius 1 is 1.44 bits per heavy atom. The van der Waals surface area contributed by atoms with E-state index in [-0.39, 0.29) is 0 Å². The summed E-state index contributed by atoms with van der Waals surface area (Å²) in [6.07, 6.45) is 11.3. The van der Waals surface area contributed by atoms with Crippen LogP contribution >= 0.6 is 0 Å². The minimum Gasteiger partial charge on any atom is -0.314 e. The Hall–Kier alpha value is -0.830. The molecule has 0 spiro atoms. The molecule has 1 heterocycles. The molecule has 2 rings (SSSR count). The number of hydrogen-bond donors (Lipinski definition) is 2. The highest BCUT2D eigenvalue weighted by molar-refractivity contribution is 5.14. The Bertz CT molecular complexity index is 345. The molecule has 3 heteroatoms. The molecule has 1 saturated carbocycles. The van der Waals surface area contributed by atoms with Crippen molar-refractivity contribution in [3.05, 3.63) is 17.5 Å². The van der Waals surface area contributed by atoms with Crippen LogP contribution in [0.25, 0.3) is 0 Å². The van der Waals surface area contributed by atoms with E-state index in [0.29, 0.717) is 0 Å². The van der Waals surface area contributed by atoms with Crippen molar-refractivity contribution in [2.75, 3.05) is 6.54 Å². The molecule has 2 N–H and O–H groups in total. The maximum atomic E-state index is 4.07. The second-order valence-corrected chi connectivity index (χ2v) is 5.72. The minimum absolute atomic E-state index is 0.772. The number of H-pyrrole nitrogens is 1. The molecule has 3 nitrogen and oxygen atoms in total. The van der Waals surface area contributed by atoms with Crippen LogP contribution in [0.15, 0.2) is 6.20 Å². The molecule has 0 bridgehead atoms. The van der Waals surface area contributed by atoms with Crippen LogP contribution in [0.5, 0.6) is 0 Å². The van der Waals surface area contributed by atoms with Gasteiger partial charge in [-0.3, -0.25) is 5.10 Å². The molecule has 1 aromatic heterocycles. The smallest absolute Gasteiger partial charge is 0.0522 e. The summed E-state index contributed by atoms with van der Waals surface area (Å²) in [7, 11) is 0. The first-order valence-corrected chi connectivity index (χ1v) is 7.51. The molecule has 2 unspecified atom stereocenters. The van der Waals surface area contributed by atoms with E-state index in [2.05, 4.69) is 29.4 Å². The average Bonchev–Trinajstić information content (AvgIpc) is 2.81. The van der Waals surface area contributed by atoms with Gasteiger partial charge < -0.3 is 5.32 Å². The number of rotatable bonds is 6. The van der Waals surface area contributed by atoms with Gasteiger partial charge in [0, 0.05) is 11.7 Å². The average molecular weight is 249 g/mol. The van der Waals surface area contributed by atoms with Crippen LogP contribution in [0.1, 0.15) is 56.7 Å². The first kappa shape index (κ1) is 13.6. The van der Waals surface area contributed by atoms with E-state index >= 15 is 0 Å². The topological polar surface area (TPSA) is 40.7 Å². The second-order valence-electron chi connectivity index (χ2n) is 5.72. The Balaban J connectivity index is 1.62. The number of aromatic nitrogens is 2. The van der Waals surface area contributed by atoms with Crippen molar-refractivity contribution in [3.63, 3.8) is 0 Å². The van der Waals surface area contributed by atoms with E-state index in [1.54, 1.807) is 0 Å². The van der Waals surface area contributed by atoms with E-state index in [4.69, 9.17) is 0 Å². The molecule has 1 aromatic rings. The number of aromatic amines is 1. The van der Waals surface area contributed by atoms with E-state index < -0.39 is 0 Å². The van der Waals surface area contributed by atoms with Gasteiger partial charge in [0.15, 0.2) is 0 Å². The molecule has 0 radical (unpaired) electrons. The molecule has 0 saturated heterocycles. The van der Waals surface area contributed by atoms with Gasteiger partial charge in [-0.15, -0.1) is 0 Å². The largest absolute Gasteiger partial charge is 0.314 e. The van der Waals surface area contributed by atoms with Crippen LogP contribution in [-0.2, 0) is 6.42 Å². The molecule has 18 heavy (non-hydrogen) atoms. The van der Waals surface area contributed by atoms with Gasteiger partial charge in [-0.25, -0.2) is 0 Å². The molecule has 0 aromatic carbocycles. The molecule has 1 fully saturated rings. The Morgan fingerprint density at radius 2 is 2.33 bits per heavy atom. The van der Waals surface area contributed by atoms with Gasteiger partial charge >= 0.3 is 0 Å². The van der Waals surface area contributed by atoms with Crippen molar-refractivity contribution >= 4 is 0 Å². The molecule has 102 valence electrons. The summed E-state index contributed by atoms with van der Waals surface area (Å²) in [5.74, 6) is 0.965. The van der Waals surface area contributed by atoms with Gasteiger partial charge in [0.1, 0.15) is 0 Å². The fraction of sp³-hybridized carbons (Fsp3) is 0.800. The van der Waals surface area contributed by atoms with Crippen molar-refractivity contribution in [3.8, 4) is 0 Å². The zero-order valence-corrected chi connectivity index (χ0v) is 11.8. The second kappa shape index (κ2) is 6.93. The zero-order valence-electron chi connectivity index (χ0n) is 11.8. The maximum Gasteiger partial charge on any atom is 0.0522 e. The number of aryl methyl sites for hydroxylation is 2. The van der Waals surface area contributed by atoms with Crippen LogP contribution in [0.3, 0.4) is 0 Å². The predicted octanol–water partition coefficient (Wildman–Crippen LogP) is 3.21. The lowest BCUT2D eigenvalue weighted by atomic mass is 9.84. The third-order valence-corrected chi connectivity index (χ3v) is 4.35. The van der Waals surface area contributed by atoms with Gasteiger partial charge in [0.05, 0.1) is 6.20 Å². The molecular weight excluding hydrogens is 222 g/mol. The molecule has 0 aliphatic heterocycles. The highest BCUT2D eigenvalue weighted by Gasteiger charge is 2.19. The van der Waals surface area contributed by atoms with Crippen molar-refractivity contribution < 1.29 is 0 Å². The van der Waals surface area contributed by atoms with E-state index in [0.717, 1.165) is 24.9 Å². The fourth-order valence-electron chi connectivity index (χ4n) is 3.06. The van der Waals surface area contributed by atoms with Gasteiger partial charge in [-0.2, -0.15) is 5.10 Å². The lowest BCUT2D eigenvalue weighted by Crippen LogP contribution is -2.34. The number of hydrogen-bond acceptors (Lipinski definition) is 2. The molecule has 1 aliphatic carbocycles. The normalized spacial score (nSPS) is 24.3. The summed E-state index contributed by atoms with van der Waals surface area (Å²) in [6, 6.07) is 0.772. The van der Waals surface area contributed by atoms with Crippen molar-refractivity contribution in [2.24, 2.45) is 5.92 Å². The summed E-state index contributed by atoms with van der Waals surface area (Å²) < 4.78 is 0. The summed E-state index contributed by atoms with van der Waals surface area (Å²) in [4.78, 5) is 0. The van der Waals surface area contributed by atoms with Crippen LogP contribution < -0.4 is 5.32 Å². The zero-order chi connectivity index (χ0) is 12.8. The molecular formula is C15H27N3. The highest BCUT2D eigenvalue weighted by Crippen LogP contribution is 2.26. The first-order valence-electron chi connectivity index (χ1n) is 7.51. The van der Waals surface area contributed by atoms with E-state index in [1.165, 1.54) is 49.8 Å². The fourth-order valence-corrected chi connectivity index (χ4v) is 3.06. The van der Waals surface area contributed by atoms with Crippen molar-refractivity contribution in [1.29, 1.82) is 0 Å². The monoisotopic (exact) mass is 249 g/mol. The Kier molecular flexibility index (Phi) is 5.24. The van der Waals surface area contributed by atoms with Crippen LogP contribution in [0, 0.1) is 12.8 Å². The van der Waals surface area contributed by atoms with Gasteiger partial charge in [-0.05, 0) is 50.6 Å². The third-order valence-electron chi connectivity index (χ3n) is 4.35. The van der Waals surface area contributed by atoms with Crippen molar-refractivity contribution in [2.45, 2.75) is 64.8 Å². The SMILES string of the molecule is CCC1CCCC(NCCCc2cn[nH]c2C)C1. The number of nitrogens with one attached hydrogen (secondary N) is 2. The third kappa shape index (κ3) is 3.84. The molecule has 0 amide bonds. The van der Waals surface area contributed by atoms with Gasteiger partial charge in [0.2, 0.25) is 0 Å². The van der Waals surface area contributed by atoms with Crippen molar-refractivity contribution in [1.82, 2.24) is 15.5 Å². The summed E-state index contributed by atoms with van der Waals surface area (Å²) in [5, 5.41) is 10.8. The van der Waals surface area contributed by atoms with Gasteiger partial charge in [-0.1, -0.05) is 26.2 Å². The summed E-state index contributed by atoms with van der Waals surface area (Å²) in [6.45, 7) is 5.57. The lowest BCUT2D eigenvalue weighted by molar-refractivity contribution is 0.279. The molecule has 1 aliphatic rings. The van der Waals surface area contributed by atoms with Crippen LogP contribution in [0.2, 0.25) is 0 Å². The standard InChI is InChI=1S/C15H27N3/c1-3-13-6-4-8-15(10-13)16-9-5-7-14-11-17-18-12(14)2/h11,13,15-16H,3-10H2,1-2H3,(H,17,18). The Labute approximate surface area is 111 Å². The summed E-state index contributed by atoms with van der Waals surface area (Å²) in [5.41, 5.74) is 2.59. The van der Waals surface area contributed by atoms with E-state index in [9.17, 15) is 0 Å². The van der Waals surface area contributed by atoms with Crippen LogP contribution in [0.4, 0.5) is 0 Å². The van der Waals surface area contributed by atoms with Crippen LogP contribution in [-0.4, -0.2) is 22.8 Å². The first-order chi connectivity index (χ1) is 8.79. The highest BCUT2D eigenvalue weighted by atomic mass is 15.1. The maximum absolute atomic E-state index is 4.07. The minimum atomic E-state index is 0.772. The van der Waals surface area contributed by atoms with E-state index in [1.807, 2.05) is 6.20 Å². The lowest BCUT2D eigenvalue weighted by Gasteiger charge is -2.29. The Morgan fingerprint density at radius 3 is 3.06 bits per heavy atom. The quantitative estimate of drug-likeness (QED) is 0.760. The predicted molar refractivity (Wildman–Crippen MR) is 75.7 cm³/mol. The van der Waals surface area contributed by atoms with Gasteiger partial charge in [0.25, 0.3) is 0 Å². The summed E-state index contributed by atoms with van der Waals surface area (Å²) >= 11 is 0. The molecule has 2 atom stereocenters.